The molecule has 0 spiro atoms. The summed E-state index contributed by atoms with van der Waals surface area (Å²) in [7, 11) is 1.42. The Labute approximate surface area is 105 Å². The van der Waals surface area contributed by atoms with Crippen LogP contribution in [0.25, 0.3) is 0 Å². The Balaban J connectivity index is 2.74. The molecule has 6 nitrogen and oxygen atoms in total. The third kappa shape index (κ3) is 4.21. The van der Waals surface area contributed by atoms with Crippen LogP contribution in [0.15, 0.2) is 18.2 Å². The van der Waals surface area contributed by atoms with E-state index < -0.39 is 10.5 Å². The van der Waals surface area contributed by atoms with E-state index >= 15 is 0 Å². The number of nitro groups is 1. The maximum atomic E-state index is 10.6. The van der Waals surface area contributed by atoms with Crippen LogP contribution < -0.4 is 9.47 Å². The van der Waals surface area contributed by atoms with Crippen molar-refractivity contribution in [3.05, 3.63) is 28.3 Å². The van der Waals surface area contributed by atoms with E-state index in [1.54, 1.807) is 13.8 Å². The molecule has 100 valence electrons. The summed E-state index contributed by atoms with van der Waals surface area (Å²) in [5.74, 6) is 0.729. The molecule has 0 bridgehead atoms. The molecule has 0 aliphatic rings. The van der Waals surface area contributed by atoms with E-state index in [1.807, 2.05) is 0 Å². The molecule has 0 atom stereocenters. The Hall–Kier alpha value is -1.82. The van der Waals surface area contributed by atoms with Gasteiger partial charge in [0.25, 0.3) is 5.69 Å². The maximum absolute atomic E-state index is 10.6. The van der Waals surface area contributed by atoms with Crippen molar-refractivity contribution in [2.24, 2.45) is 0 Å². The smallest absolute Gasteiger partial charge is 0.273 e. The lowest BCUT2D eigenvalue weighted by molar-refractivity contribution is -0.385. The molecule has 1 aromatic rings. The Morgan fingerprint density at radius 1 is 1.39 bits per heavy atom. The van der Waals surface area contributed by atoms with Gasteiger partial charge in [0.2, 0.25) is 0 Å². The van der Waals surface area contributed by atoms with Gasteiger partial charge in [-0.3, -0.25) is 10.1 Å². The molecule has 1 N–H and O–H groups in total. The zero-order valence-electron chi connectivity index (χ0n) is 10.7. The summed E-state index contributed by atoms with van der Waals surface area (Å²) in [6, 6.07) is 4.14. The highest BCUT2D eigenvalue weighted by atomic mass is 16.6. The van der Waals surface area contributed by atoms with Gasteiger partial charge in [-0.1, -0.05) is 0 Å². The monoisotopic (exact) mass is 255 g/mol. The second-order valence-corrected chi connectivity index (χ2v) is 4.50. The first kappa shape index (κ1) is 14.2. The molecule has 0 saturated heterocycles. The minimum absolute atomic E-state index is 0.0540. The lowest BCUT2D eigenvalue weighted by Crippen LogP contribution is -2.21. The van der Waals surface area contributed by atoms with Crippen LogP contribution in [-0.2, 0) is 0 Å². The summed E-state index contributed by atoms with van der Waals surface area (Å²) in [6.45, 7) is 3.67. The van der Waals surface area contributed by atoms with Crippen LogP contribution in [0.3, 0.4) is 0 Å². The predicted octanol–water partition coefficient (Wildman–Crippen LogP) is 2.14. The summed E-state index contributed by atoms with van der Waals surface area (Å²) in [5, 5.41) is 20.1. The number of ether oxygens (including phenoxy) is 2. The van der Waals surface area contributed by atoms with Crippen LogP contribution in [0, 0.1) is 10.1 Å². The van der Waals surface area contributed by atoms with Gasteiger partial charge in [-0.15, -0.1) is 0 Å². The minimum Gasteiger partial charge on any atom is -0.493 e. The predicted molar refractivity (Wildman–Crippen MR) is 66.1 cm³/mol. The number of non-ortho nitro benzene ring substituents is 1. The van der Waals surface area contributed by atoms with Gasteiger partial charge in [0.15, 0.2) is 11.5 Å². The van der Waals surface area contributed by atoms with Crippen LogP contribution in [-0.4, -0.2) is 29.3 Å². The zero-order chi connectivity index (χ0) is 13.8. The lowest BCUT2D eigenvalue weighted by atomic mass is 10.1. The summed E-state index contributed by atoms with van der Waals surface area (Å²) >= 11 is 0. The van der Waals surface area contributed by atoms with E-state index in [-0.39, 0.29) is 5.69 Å². The fourth-order valence-electron chi connectivity index (χ4n) is 1.30. The van der Waals surface area contributed by atoms with Gasteiger partial charge >= 0.3 is 0 Å². The molecule has 0 fully saturated rings. The van der Waals surface area contributed by atoms with E-state index in [4.69, 9.17) is 9.47 Å². The van der Waals surface area contributed by atoms with Crippen molar-refractivity contribution in [3.8, 4) is 11.5 Å². The summed E-state index contributed by atoms with van der Waals surface area (Å²) in [6.07, 6.45) is 0.452. The molecule has 0 unspecified atom stereocenters. The average molecular weight is 255 g/mol. The number of hydrogen-bond acceptors (Lipinski definition) is 5. The van der Waals surface area contributed by atoms with Gasteiger partial charge in [0.1, 0.15) is 0 Å². The first-order valence-corrected chi connectivity index (χ1v) is 5.51. The first-order chi connectivity index (χ1) is 8.33. The normalized spacial score (nSPS) is 11.1. The molecule has 0 aliphatic carbocycles. The Bertz CT molecular complexity index is 425. The summed E-state index contributed by atoms with van der Waals surface area (Å²) < 4.78 is 10.5. The molecule has 0 radical (unpaired) electrons. The molecule has 0 amide bonds. The second kappa shape index (κ2) is 5.68. The number of rotatable bonds is 6. The highest BCUT2D eigenvalue weighted by molar-refractivity contribution is 5.48. The van der Waals surface area contributed by atoms with Crippen molar-refractivity contribution < 1.29 is 19.5 Å². The molecule has 1 rings (SSSR count). The molecule has 18 heavy (non-hydrogen) atoms. The van der Waals surface area contributed by atoms with Gasteiger partial charge < -0.3 is 14.6 Å². The highest BCUT2D eigenvalue weighted by Gasteiger charge is 2.15. The van der Waals surface area contributed by atoms with Crippen molar-refractivity contribution in [3.63, 3.8) is 0 Å². The Kier molecular flexibility index (Phi) is 4.49. The third-order valence-corrected chi connectivity index (χ3v) is 2.33. The SMILES string of the molecule is COc1cc([N+](=O)[O-])ccc1OCCC(C)(C)O. The van der Waals surface area contributed by atoms with Gasteiger partial charge in [-0.25, -0.2) is 0 Å². The fraction of sp³-hybridized carbons (Fsp3) is 0.500. The average Bonchev–Trinajstić information content (AvgIpc) is 2.27. The van der Waals surface area contributed by atoms with Crippen molar-refractivity contribution in [1.29, 1.82) is 0 Å². The van der Waals surface area contributed by atoms with E-state index in [2.05, 4.69) is 0 Å². The highest BCUT2D eigenvalue weighted by Crippen LogP contribution is 2.31. The first-order valence-electron chi connectivity index (χ1n) is 5.51. The van der Waals surface area contributed by atoms with E-state index in [0.29, 0.717) is 24.5 Å². The van der Waals surface area contributed by atoms with Crippen molar-refractivity contribution in [2.75, 3.05) is 13.7 Å². The van der Waals surface area contributed by atoms with Crippen LogP contribution in [0.2, 0.25) is 0 Å². The molecular weight excluding hydrogens is 238 g/mol. The Morgan fingerprint density at radius 2 is 2.06 bits per heavy atom. The van der Waals surface area contributed by atoms with Crippen LogP contribution in [0.5, 0.6) is 11.5 Å². The minimum atomic E-state index is -0.811. The largest absolute Gasteiger partial charge is 0.493 e. The van der Waals surface area contributed by atoms with Gasteiger partial charge in [0.05, 0.1) is 30.3 Å². The van der Waals surface area contributed by atoms with Crippen LogP contribution in [0.4, 0.5) is 5.69 Å². The van der Waals surface area contributed by atoms with E-state index in [9.17, 15) is 15.2 Å². The molecule has 1 aromatic carbocycles. The number of aliphatic hydroxyl groups is 1. The molecular formula is C12H17NO5. The standard InChI is InChI=1S/C12H17NO5/c1-12(2,14)6-7-18-10-5-4-9(13(15)16)8-11(10)17-3/h4-5,8,14H,6-7H2,1-3H3. The number of nitro benzene ring substituents is 1. The molecule has 0 aromatic heterocycles. The fourth-order valence-corrected chi connectivity index (χ4v) is 1.30. The van der Waals surface area contributed by atoms with Crippen molar-refractivity contribution >= 4 is 5.69 Å². The Morgan fingerprint density at radius 3 is 2.56 bits per heavy atom. The van der Waals surface area contributed by atoms with Gasteiger partial charge in [0, 0.05) is 12.5 Å². The van der Waals surface area contributed by atoms with Crippen molar-refractivity contribution in [2.45, 2.75) is 25.9 Å². The van der Waals surface area contributed by atoms with Crippen molar-refractivity contribution in [1.82, 2.24) is 0 Å². The lowest BCUT2D eigenvalue weighted by Gasteiger charge is -2.17. The zero-order valence-corrected chi connectivity index (χ0v) is 10.7. The number of methoxy groups -OCH3 is 1. The maximum Gasteiger partial charge on any atom is 0.273 e. The third-order valence-electron chi connectivity index (χ3n) is 2.33. The molecule has 6 heteroatoms. The molecule has 0 aliphatic heterocycles. The number of hydrogen-bond donors (Lipinski definition) is 1. The van der Waals surface area contributed by atoms with Gasteiger partial charge in [-0.2, -0.15) is 0 Å². The van der Waals surface area contributed by atoms with Crippen LogP contribution in [0.1, 0.15) is 20.3 Å². The van der Waals surface area contributed by atoms with Gasteiger partial charge in [-0.05, 0) is 19.9 Å². The quantitative estimate of drug-likeness (QED) is 0.622. The molecule has 0 heterocycles. The number of benzene rings is 1. The van der Waals surface area contributed by atoms with E-state index in [1.165, 1.54) is 25.3 Å². The number of nitrogens with zero attached hydrogens (tertiary/aromatic N) is 1. The molecule has 0 saturated carbocycles. The summed E-state index contributed by atoms with van der Waals surface area (Å²) in [5.41, 5.74) is -0.865. The van der Waals surface area contributed by atoms with Crippen LogP contribution >= 0.6 is 0 Å². The summed E-state index contributed by atoms with van der Waals surface area (Å²) in [4.78, 5) is 10.1. The second-order valence-electron chi connectivity index (χ2n) is 4.50. The van der Waals surface area contributed by atoms with E-state index in [0.717, 1.165) is 0 Å². The topological polar surface area (TPSA) is 81.8 Å².